The number of ether oxygens (including phenoxy) is 2. The monoisotopic (exact) mass is 566 g/mol. The highest BCUT2D eigenvalue weighted by Crippen LogP contribution is 2.31. The van der Waals surface area contributed by atoms with Gasteiger partial charge in [0, 0.05) is 49.9 Å². The zero-order valence-electron chi connectivity index (χ0n) is 24.2. The van der Waals surface area contributed by atoms with Crippen LogP contribution >= 0.6 is 0 Å². The van der Waals surface area contributed by atoms with Gasteiger partial charge in [-0.3, -0.25) is 4.79 Å². The Morgan fingerprint density at radius 2 is 1.88 bits per heavy atom. The van der Waals surface area contributed by atoms with Crippen LogP contribution in [0.3, 0.4) is 0 Å². The van der Waals surface area contributed by atoms with Gasteiger partial charge in [-0.05, 0) is 76.3 Å². The summed E-state index contributed by atoms with van der Waals surface area (Å²) in [5.74, 6) is 2.86. The second-order valence-corrected chi connectivity index (χ2v) is 11.6. The minimum atomic E-state index is -0.463. The lowest BCUT2D eigenvalue weighted by atomic mass is 9.93. The number of anilines is 3. The van der Waals surface area contributed by atoms with Crippen LogP contribution in [0.2, 0.25) is 0 Å². The number of imidazole rings is 1. The van der Waals surface area contributed by atoms with Gasteiger partial charge in [-0.15, -0.1) is 0 Å². The Labute approximate surface area is 244 Å². The van der Waals surface area contributed by atoms with Gasteiger partial charge >= 0.3 is 5.97 Å². The van der Waals surface area contributed by atoms with Gasteiger partial charge in [-0.1, -0.05) is 0 Å². The van der Waals surface area contributed by atoms with E-state index in [-0.39, 0.29) is 5.97 Å². The Kier molecular flexibility index (Phi) is 7.32. The normalized spacial score (nSPS) is 14.3. The number of carbonyl (C=O) groups is 1. The van der Waals surface area contributed by atoms with Crippen LogP contribution in [0.25, 0.3) is 16.7 Å². The zero-order chi connectivity index (χ0) is 29.3. The molecule has 1 aromatic carbocycles. The summed E-state index contributed by atoms with van der Waals surface area (Å²) in [6.45, 7) is 9.22. The summed E-state index contributed by atoms with van der Waals surface area (Å²) < 4.78 is 13.6. The molecule has 0 amide bonds. The molecule has 4 aromatic heterocycles. The molecule has 1 N–H and O–H groups in total. The predicted molar refractivity (Wildman–Crippen MR) is 160 cm³/mol. The molecule has 5 heterocycles. The van der Waals surface area contributed by atoms with E-state index in [2.05, 4.69) is 30.2 Å². The van der Waals surface area contributed by atoms with Gasteiger partial charge in [0.15, 0.2) is 5.82 Å². The first-order valence-corrected chi connectivity index (χ1v) is 14.1. The summed E-state index contributed by atoms with van der Waals surface area (Å²) in [6.07, 6.45) is 11.0. The van der Waals surface area contributed by atoms with E-state index in [1.54, 1.807) is 12.4 Å². The Bertz CT molecular complexity index is 1740. The van der Waals surface area contributed by atoms with Gasteiger partial charge in [-0.2, -0.15) is 0 Å². The first-order valence-electron chi connectivity index (χ1n) is 14.1. The molecule has 0 radical (unpaired) electrons. The molecule has 1 saturated heterocycles. The maximum atomic E-state index is 12.3. The van der Waals surface area contributed by atoms with E-state index in [1.165, 1.54) is 6.33 Å². The van der Waals surface area contributed by atoms with Gasteiger partial charge in [0.1, 0.15) is 40.1 Å². The minimum Gasteiger partial charge on any atom is -0.460 e. The Balaban J connectivity index is 1.14. The molecule has 11 heteroatoms. The Hall–Kier alpha value is -4.80. The third-order valence-electron chi connectivity index (χ3n) is 7.17. The summed E-state index contributed by atoms with van der Waals surface area (Å²) in [6, 6.07) is 9.70. The fourth-order valence-electron chi connectivity index (χ4n) is 5.11. The fourth-order valence-corrected chi connectivity index (χ4v) is 5.11. The molecule has 0 aliphatic carbocycles. The van der Waals surface area contributed by atoms with Crippen LogP contribution in [0.5, 0.6) is 11.5 Å². The molecule has 11 nitrogen and oxygen atoms in total. The topological polar surface area (TPSA) is 120 Å². The van der Waals surface area contributed by atoms with Gasteiger partial charge in [0.05, 0.1) is 6.20 Å². The minimum absolute atomic E-state index is 0.138. The van der Waals surface area contributed by atoms with E-state index in [1.807, 2.05) is 74.8 Å². The fraction of sp³-hybridized carbons (Fsp3) is 0.355. The van der Waals surface area contributed by atoms with Crippen molar-refractivity contribution in [3.05, 3.63) is 67.0 Å². The van der Waals surface area contributed by atoms with Crippen LogP contribution < -0.4 is 15.0 Å². The highest BCUT2D eigenvalue weighted by atomic mass is 16.6. The van der Waals surface area contributed by atoms with E-state index < -0.39 is 5.60 Å². The molecular formula is C31H34N8O3. The lowest BCUT2D eigenvalue weighted by Crippen LogP contribution is -2.36. The van der Waals surface area contributed by atoms with Crippen molar-refractivity contribution in [3.8, 4) is 11.5 Å². The number of nitrogens with one attached hydrogen (secondary N) is 1. The van der Waals surface area contributed by atoms with Crippen molar-refractivity contribution in [2.75, 3.05) is 23.3 Å². The zero-order valence-corrected chi connectivity index (χ0v) is 24.2. The van der Waals surface area contributed by atoms with Crippen LogP contribution in [0.15, 0.2) is 61.4 Å². The number of esters is 1. The van der Waals surface area contributed by atoms with E-state index in [9.17, 15) is 4.79 Å². The smallest absolute Gasteiger partial charge is 0.306 e. The number of aromatic nitrogens is 6. The Morgan fingerprint density at radius 3 is 2.67 bits per heavy atom. The molecule has 1 aliphatic rings. The Morgan fingerprint density at radius 1 is 1.05 bits per heavy atom. The van der Waals surface area contributed by atoms with E-state index in [0.29, 0.717) is 35.1 Å². The summed E-state index contributed by atoms with van der Waals surface area (Å²) in [7, 11) is 0. The predicted octanol–water partition coefficient (Wildman–Crippen LogP) is 5.86. The summed E-state index contributed by atoms with van der Waals surface area (Å²) in [5.41, 5.74) is 3.48. The molecular weight excluding hydrogens is 532 g/mol. The molecule has 216 valence electrons. The van der Waals surface area contributed by atoms with Gasteiger partial charge < -0.3 is 24.1 Å². The molecule has 42 heavy (non-hydrogen) atoms. The molecule has 0 bridgehead atoms. The second-order valence-electron chi connectivity index (χ2n) is 11.6. The van der Waals surface area contributed by atoms with E-state index in [0.717, 1.165) is 54.3 Å². The SMILES string of the molecule is Cc1cc(Nc2ncnc3cnc(N4CCC(CC(=O)OC(C)(C)C)CC4)nc23)ccc1Oc1ccn2ccnc2c1. The molecule has 5 aromatic rings. The number of pyridine rings is 1. The van der Waals surface area contributed by atoms with Gasteiger partial charge in [0.25, 0.3) is 0 Å². The van der Waals surface area contributed by atoms with Crippen molar-refractivity contribution < 1.29 is 14.3 Å². The highest BCUT2D eigenvalue weighted by molar-refractivity contribution is 5.87. The van der Waals surface area contributed by atoms with Crippen molar-refractivity contribution in [3.63, 3.8) is 0 Å². The third kappa shape index (κ3) is 6.24. The van der Waals surface area contributed by atoms with Crippen molar-refractivity contribution >= 4 is 40.1 Å². The van der Waals surface area contributed by atoms with Crippen LogP contribution in [0.4, 0.5) is 17.5 Å². The van der Waals surface area contributed by atoms with E-state index in [4.69, 9.17) is 14.5 Å². The first-order chi connectivity index (χ1) is 20.2. The molecule has 0 spiro atoms. The number of benzene rings is 1. The number of hydrogen-bond donors (Lipinski definition) is 1. The molecule has 0 unspecified atom stereocenters. The third-order valence-corrected chi connectivity index (χ3v) is 7.17. The quantitative estimate of drug-likeness (QED) is 0.240. The number of piperidine rings is 1. The summed E-state index contributed by atoms with van der Waals surface area (Å²) in [5, 5.41) is 3.40. The van der Waals surface area contributed by atoms with Crippen molar-refractivity contribution in [1.29, 1.82) is 0 Å². The molecule has 0 saturated carbocycles. The lowest BCUT2D eigenvalue weighted by molar-refractivity contribution is -0.156. The number of nitrogens with zero attached hydrogens (tertiary/aromatic N) is 7. The largest absolute Gasteiger partial charge is 0.460 e. The number of rotatable bonds is 7. The molecule has 0 atom stereocenters. The number of aryl methyl sites for hydroxylation is 1. The van der Waals surface area contributed by atoms with Crippen LogP contribution in [0.1, 0.15) is 45.6 Å². The molecule has 6 rings (SSSR count). The number of carbonyl (C=O) groups excluding carboxylic acids is 1. The number of hydrogen-bond acceptors (Lipinski definition) is 10. The summed E-state index contributed by atoms with van der Waals surface area (Å²) in [4.78, 5) is 37.0. The van der Waals surface area contributed by atoms with Crippen LogP contribution in [-0.4, -0.2) is 54.0 Å². The average Bonchev–Trinajstić information content (AvgIpc) is 3.42. The highest BCUT2D eigenvalue weighted by Gasteiger charge is 2.26. The maximum absolute atomic E-state index is 12.3. The summed E-state index contributed by atoms with van der Waals surface area (Å²) >= 11 is 0. The van der Waals surface area contributed by atoms with Gasteiger partial charge in [-0.25, -0.2) is 24.9 Å². The number of fused-ring (bicyclic) bond motifs is 2. The lowest BCUT2D eigenvalue weighted by Gasteiger charge is -2.32. The molecule has 1 aliphatic heterocycles. The van der Waals surface area contributed by atoms with Crippen LogP contribution in [-0.2, 0) is 9.53 Å². The second kappa shape index (κ2) is 11.2. The van der Waals surface area contributed by atoms with Crippen molar-refractivity contribution in [1.82, 2.24) is 29.3 Å². The van der Waals surface area contributed by atoms with Crippen molar-refractivity contribution in [2.45, 2.75) is 52.6 Å². The molecule has 1 fully saturated rings. The first kappa shape index (κ1) is 27.4. The van der Waals surface area contributed by atoms with Crippen molar-refractivity contribution in [2.24, 2.45) is 5.92 Å². The average molecular weight is 567 g/mol. The van der Waals surface area contributed by atoms with E-state index >= 15 is 0 Å². The maximum Gasteiger partial charge on any atom is 0.306 e. The van der Waals surface area contributed by atoms with Gasteiger partial charge in [0.2, 0.25) is 5.95 Å². The standard InChI is InChI=1S/C31H34N8O3/c1-20-15-22(5-6-25(20)41-23-9-13-38-14-10-32-26(38)17-23)36-29-28-24(34-19-35-29)18-33-30(37-28)39-11-7-21(8-12-39)16-27(40)42-31(2,3)4/h5-6,9-10,13-15,17-19,21H,7-8,11-12,16H2,1-4H3,(H,34,35,36). The van der Waals surface area contributed by atoms with Crippen LogP contribution in [0, 0.1) is 12.8 Å².